The first-order valence-electron chi connectivity index (χ1n) is 8.50. The molecule has 2 aromatic rings. The predicted octanol–water partition coefficient (Wildman–Crippen LogP) is 3.72. The summed E-state index contributed by atoms with van der Waals surface area (Å²) in [6, 6.07) is 11.7. The Kier molecular flexibility index (Phi) is 5.77. The molecule has 2 atom stereocenters. The molecule has 5 nitrogen and oxygen atoms in total. The molecule has 2 N–H and O–H groups in total. The highest BCUT2D eigenvalue weighted by Crippen LogP contribution is 2.25. The molecule has 3 rings (SSSR count). The number of rotatable bonds is 7. The van der Waals surface area contributed by atoms with Crippen LogP contribution in [0, 0.1) is 0 Å². The summed E-state index contributed by atoms with van der Waals surface area (Å²) in [5.41, 5.74) is 0.997. The Bertz CT molecular complexity index is 623. The smallest absolute Gasteiger partial charge is 0.129 e. The number of methoxy groups -OCH3 is 1. The minimum absolute atomic E-state index is 0.0834. The van der Waals surface area contributed by atoms with Crippen LogP contribution in [-0.4, -0.2) is 24.4 Å². The van der Waals surface area contributed by atoms with Crippen molar-refractivity contribution < 1.29 is 19.0 Å². The molecule has 1 aromatic heterocycles. The van der Waals surface area contributed by atoms with E-state index in [1.807, 2.05) is 36.4 Å². The Balaban J connectivity index is 1.50. The first-order valence-corrected chi connectivity index (χ1v) is 8.50. The molecular weight excluding hydrogens is 306 g/mol. The van der Waals surface area contributed by atoms with Gasteiger partial charge in [-0.25, -0.2) is 0 Å². The van der Waals surface area contributed by atoms with Crippen LogP contribution in [0.5, 0.6) is 5.75 Å². The van der Waals surface area contributed by atoms with E-state index in [-0.39, 0.29) is 12.2 Å². The van der Waals surface area contributed by atoms with Crippen molar-refractivity contribution in [2.45, 2.75) is 51.0 Å². The Hall–Kier alpha value is -1.98. The molecule has 0 spiro atoms. The first-order chi connectivity index (χ1) is 11.7. The van der Waals surface area contributed by atoms with Crippen molar-refractivity contribution in [1.82, 2.24) is 0 Å². The van der Waals surface area contributed by atoms with Gasteiger partial charge in [-0.2, -0.15) is 0 Å². The van der Waals surface area contributed by atoms with E-state index in [1.54, 1.807) is 7.11 Å². The van der Waals surface area contributed by atoms with Gasteiger partial charge >= 0.3 is 0 Å². The van der Waals surface area contributed by atoms with Crippen LogP contribution >= 0.6 is 0 Å². The van der Waals surface area contributed by atoms with Crippen LogP contribution in [0.3, 0.4) is 0 Å². The molecule has 130 valence electrons. The normalized spacial score (nSPS) is 20.8. The molecular formula is C19H25NO4. The summed E-state index contributed by atoms with van der Waals surface area (Å²) < 4.78 is 16.6. The zero-order valence-electron chi connectivity index (χ0n) is 14.0. The maximum atomic E-state index is 9.98. The highest BCUT2D eigenvalue weighted by Gasteiger charge is 2.24. The lowest BCUT2D eigenvalue weighted by Gasteiger charge is -2.28. The summed E-state index contributed by atoms with van der Waals surface area (Å²) in [5.74, 6) is 2.49. The third-order valence-electron chi connectivity index (χ3n) is 4.28. The Morgan fingerprint density at radius 3 is 2.58 bits per heavy atom. The topological polar surface area (TPSA) is 63.9 Å². The van der Waals surface area contributed by atoms with E-state index in [9.17, 15) is 5.11 Å². The maximum absolute atomic E-state index is 9.98. The van der Waals surface area contributed by atoms with E-state index in [4.69, 9.17) is 13.9 Å². The van der Waals surface area contributed by atoms with Gasteiger partial charge in [0, 0.05) is 12.8 Å². The van der Waals surface area contributed by atoms with Gasteiger partial charge in [0.2, 0.25) is 0 Å². The summed E-state index contributed by atoms with van der Waals surface area (Å²) in [6.45, 7) is 1.10. The van der Waals surface area contributed by atoms with Crippen LogP contribution < -0.4 is 10.1 Å². The number of furan rings is 1. The van der Waals surface area contributed by atoms with Gasteiger partial charge in [0.05, 0.1) is 12.6 Å². The van der Waals surface area contributed by atoms with Gasteiger partial charge in [-0.3, -0.25) is 0 Å². The second-order valence-corrected chi connectivity index (χ2v) is 6.19. The van der Waals surface area contributed by atoms with E-state index in [1.165, 1.54) is 0 Å². The molecule has 1 fully saturated rings. The molecule has 1 heterocycles. The van der Waals surface area contributed by atoms with Gasteiger partial charge in [0.25, 0.3) is 0 Å². The minimum atomic E-state index is -0.350. The van der Waals surface area contributed by atoms with Gasteiger partial charge in [-0.15, -0.1) is 0 Å². The second kappa shape index (κ2) is 8.22. The molecule has 2 unspecified atom stereocenters. The molecule has 0 amide bonds. The van der Waals surface area contributed by atoms with Crippen LogP contribution in [0.15, 0.2) is 40.8 Å². The number of benzene rings is 1. The summed E-state index contributed by atoms with van der Waals surface area (Å²) >= 11 is 0. The third-order valence-corrected chi connectivity index (χ3v) is 4.28. The zero-order valence-corrected chi connectivity index (χ0v) is 14.0. The number of hydrogen-bond acceptors (Lipinski definition) is 5. The molecule has 1 aromatic carbocycles. The van der Waals surface area contributed by atoms with E-state index < -0.39 is 0 Å². The number of hydrogen-bond donors (Lipinski definition) is 2. The van der Waals surface area contributed by atoms with Gasteiger partial charge in [-0.1, -0.05) is 6.42 Å². The SMILES string of the molecule is COCc1ccc(CNc2ccc(OC3CCCCC3O)cc2)o1. The van der Waals surface area contributed by atoms with E-state index in [0.717, 1.165) is 48.6 Å². The highest BCUT2D eigenvalue weighted by molar-refractivity contribution is 5.46. The lowest BCUT2D eigenvalue weighted by Crippen LogP contribution is -2.34. The molecule has 0 aliphatic heterocycles. The summed E-state index contributed by atoms with van der Waals surface area (Å²) in [5, 5.41) is 13.3. The summed E-state index contributed by atoms with van der Waals surface area (Å²) in [7, 11) is 1.65. The molecule has 0 radical (unpaired) electrons. The van der Waals surface area contributed by atoms with Crippen LogP contribution in [0.1, 0.15) is 37.2 Å². The second-order valence-electron chi connectivity index (χ2n) is 6.19. The van der Waals surface area contributed by atoms with E-state index in [0.29, 0.717) is 13.2 Å². The zero-order chi connectivity index (χ0) is 16.8. The molecule has 5 heteroatoms. The van der Waals surface area contributed by atoms with E-state index in [2.05, 4.69) is 5.32 Å². The van der Waals surface area contributed by atoms with Crippen LogP contribution in [0.2, 0.25) is 0 Å². The van der Waals surface area contributed by atoms with Crippen molar-refractivity contribution >= 4 is 5.69 Å². The Morgan fingerprint density at radius 1 is 1.08 bits per heavy atom. The average Bonchev–Trinajstić information content (AvgIpc) is 3.04. The van der Waals surface area contributed by atoms with Gasteiger partial charge in [0.15, 0.2) is 0 Å². The highest BCUT2D eigenvalue weighted by atomic mass is 16.5. The lowest BCUT2D eigenvalue weighted by molar-refractivity contribution is 0.00688. The van der Waals surface area contributed by atoms with Crippen molar-refractivity contribution in [3.05, 3.63) is 47.9 Å². The fourth-order valence-electron chi connectivity index (χ4n) is 2.97. The van der Waals surface area contributed by atoms with Crippen molar-refractivity contribution in [3.8, 4) is 5.75 Å². The molecule has 0 saturated heterocycles. The lowest BCUT2D eigenvalue weighted by atomic mass is 9.95. The van der Waals surface area contributed by atoms with Crippen molar-refractivity contribution in [2.24, 2.45) is 0 Å². The van der Waals surface area contributed by atoms with Crippen LogP contribution in [0.4, 0.5) is 5.69 Å². The van der Waals surface area contributed by atoms with Crippen LogP contribution in [0.25, 0.3) is 0 Å². The maximum Gasteiger partial charge on any atom is 0.129 e. The third kappa shape index (κ3) is 4.52. The largest absolute Gasteiger partial charge is 0.488 e. The monoisotopic (exact) mass is 331 g/mol. The first kappa shape index (κ1) is 16.9. The van der Waals surface area contributed by atoms with Gasteiger partial charge in [0.1, 0.15) is 30.0 Å². The number of anilines is 1. The van der Waals surface area contributed by atoms with Crippen molar-refractivity contribution in [3.63, 3.8) is 0 Å². The molecule has 1 saturated carbocycles. The van der Waals surface area contributed by atoms with E-state index >= 15 is 0 Å². The predicted molar refractivity (Wildman–Crippen MR) is 92.1 cm³/mol. The average molecular weight is 331 g/mol. The quantitative estimate of drug-likeness (QED) is 0.809. The van der Waals surface area contributed by atoms with Gasteiger partial charge in [-0.05, 0) is 55.7 Å². The molecule has 24 heavy (non-hydrogen) atoms. The fourth-order valence-corrected chi connectivity index (χ4v) is 2.97. The number of ether oxygens (including phenoxy) is 2. The Morgan fingerprint density at radius 2 is 1.83 bits per heavy atom. The molecule has 1 aliphatic carbocycles. The van der Waals surface area contributed by atoms with Crippen molar-refractivity contribution in [2.75, 3.05) is 12.4 Å². The Labute approximate surface area is 142 Å². The van der Waals surface area contributed by atoms with Crippen LogP contribution in [-0.2, 0) is 17.9 Å². The standard InChI is InChI=1S/C19H25NO4/c1-22-13-17-11-10-16(23-17)12-20-14-6-8-15(9-7-14)24-19-5-3-2-4-18(19)21/h6-11,18-21H,2-5,12-13H2,1H3. The molecule has 1 aliphatic rings. The number of aliphatic hydroxyl groups excluding tert-OH is 1. The molecule has 0 bridgehead atoms. The minimum Gasteiger partial charge on any atom is -0.488 e. The summed E-state index contributed by atoms with van der Waals surface area (Å²) in [4.78, 5) is 0. The fraction of sp³-hybridized carbons (Fsp3) is 0.474. The number of nitrogens with one attached hydrogen (secondary N) is 1. The number of aliphatic hydroxyl groups is 1. The summed E-state index contributed by atoms with van der Waals surface area (Å²) in [6.07, 6.45) is 3.53. The van der Waals surface area contributed by atoms with Gasteiger partial charge < -0.3 is 24.3 Å². The van der Waals surface area contributed by atoms with Crippen molar-refractivity contribution in [1.29, 1.82) is 0 Å².